The number of nitrogens with zero attached hydrogens (tertiary/aromatic N) is 1. The van der Waals surface area contributed by atoms with Crippen LogP contribution in [0.1, 0.15) is 5.69 Å². The molecule has 1 heterocycles. The first-order valence-corrected chi connectivity index (χ1v) is 6.43. The quantitative estimate of drug-likeness (QED) is 0.835. The number of hydrogen-bond acceptors (Lipinski definition) is 3. The van der Waals surface area contributed by atoms with Gasteiger partial charge in [-0.05, 0) is 40.2 Å². The number of benzene rings is 1. The molecule has 2 aromatic rings. The Morgan fingerprint density at radius 1 is 1.15 bits per heavy atom. The van der Waals surface area contributed by atoms with Crippen LogP contribution < -0.4 is 10.1 Å². The lowest BCUT2D eigenvalue weighted by molar-refractivity contribution is -0.274. The van der Waals surface area contributed by atoms with Gasteiger partial charge >= 0.3 is 6.36 Å². The molecular weight excluding hydrogens is 337 g/mol. The van der Waals surface area contributed by atoms with Crippen LogP contribution in [0.25, 0.3) is 0 Å². The van der Waals surface area contributed by atoms with Crippen molar-refractivity contribution in [2.75, 3.05) is 5.32 Å². The lowest BCUT2D eigenvalue weighted by Gasteiger charge is -2.11. The van der Waals surface area contributed by atoms with Crippen LogP contribution in [0.15, 0.2) is 47.1 Å². The van der Waals surface area contributed by atoms with E-state index in [-0.39, 0.29) is 5.75 Å². The Bertz CT molecular complexity index is 590. The zero-order valence-electron chi connectivity index (χ0n) is 10.1. The highest BCUT2D eigenvalue weighted by molar-refractivity contribution is 9.10. The Morgan fingerprint density at radius 3 is 2.60 bits per heavy atom. The smallest absolute Gasteiger partial charge is 0.406 e. The largest absolute Gasteiger partial charge is 0.573 e. The van der Waals surface area contributed by atoms with E-state index in [1.807, 2.05) is 12.1 Å². The predicted octanol–water partition coefficient (Wildman–Crippen LogP) is 4.35. The molecule has 0 unspecified atom stereocenters. The Balaban J connectivity index is 2.01. The van der Waals surface area contributed by atoms with Gasteiger partial charge in [-0.3, -0.25) is 0 Å². The molecule has 0 aliphatic heterocycles. The van der Waals surface area contributed by atoms with Crippen molar-refractivity contribution < 1.29 is 17.9 Å². The van der Waals surface area contributed by atoms with E-state index < -0.39 is 6.36 Å². The topological polar surface area (TPSA) is 34.1 Å². The molecule has 2 rings (SSSR count). The summed E-state index contributed by atoms with van der Waals surface area (Å²) in [5.74, 6) is -0.260. The van der Waals surface area contributed by atoms with E-state index in [0.29, 0.717) is 16.8 Å². The third-order valence-corrected chi connectivity index (χ3v) is 2.76. The number of ether oxygens (including phenoxy) is 1. The number of alkyl halides is 3. The first kappa shape index (κ1) is 14.6. The number of anilines is 1. The monoisotopic (exact) mass is 346 g/mol. The van der Waals surface area contributed by atoms with Gasteiger partial charge in [0.2, 0.25) is 0 Å². The Labute approximate surface area is 121 Å². The summed E-state index contributed by atoms with van der Waals surface area (Å²) in [5.41, 5.74) is 1.29. The van der Waals surface area contributed by atoms with Gasteiger partial charge in [0.05, 0.1) is 12.2 Å². The Hall–Kier alpha value is -1.76. The van der Waals surface area contributed by atoms with Gasteiger partial charge in [-0.2, -0.15) is 0 Å². The molecule has 0 aliphatic carbocycles. The minimum atomic E-state index is -4.69. The fourth-order valence-electron chi connectivity index (χ4n) is 1.54. The highest BCUT2D eigenvalue weighted by Crippen LogP contribution is 2.25. The minimum absolute atomic E-state index is 0.260. The van der Waals surface area contributed by atoms with E-state index in [9.17, 15) is 13.2 Å². The summed E-state index contributed by atoms with van der Waals surface area (Å²) in [5, 5.41) is 2.98. The van der Waals surface area contributed by atoms with Gasteiger partial charge in [-0.25, -0.2) is 4.98 Å². The second kappa shape index (κ2) is 6.13. The van der Waals surface area contributed by atoms with E-state index in [1.165, 1.54) is 18.2 Å². The molecule has 0 spiro atoms. The van der Waals surface area contributed by atoms with Crippen molar-refractivity contribution in [3.05, 3.63) is 52.8 Å². The maximum Gasteiger partial charge on any atom is 0.573 e. The molecule has 0 amide bonds. The average molecular weight is 347 g/mol. The van der Waals surface area contributed by atoms with E-state index >= 15 is 0 Å². The van der Waals surface area contributed by atoms with Gasteiger partial charge in [0.1, 0.15) is 10.4 Å². The van der Waals surface area contributed by atoms with E-state index in [4.69, 9.17) is 0 Å². The Morgan fingerprint density at radius 2 is 1.90 bits per heavy atom. The van der Waals surface area contributed by atoms with Crippen LogP contribution in [0, 0.1) is 0 Å². The highest BCUT2D eigenvalue weighted by Gasteiger charge is 2.31. The van der Waals surface area contributed by atoms with Crippen molar-refractivity contribution in [2.24, 2.45) is 0 Å². The second-order valence-corrected chi connectivity index (χ2v) is 4.69. The highest BCUT2D eigenvalue weighted by atomic mass is 79.9. The molecule has 0 atom stereocenters. The van der Waals surface area contributed by atoms with Crippen molar-refractivity contribution in [3.8, 4) is 5.75 Å². The summed E-state index contributed by atoms with van der Waals surface area (Å²) >= 11 is 3.25. The number of rotatable bonds is 4. The van der Waals surface area contributed by atoms with Gasteiger partial charge in [0, 0.05) is 11.8 Å². The van der Waals surface area contributed by atoms with Crippen LogP contribution in [0.3, 0.4) is 0 Å². The summed E-state index contributed by atoms with van der Waals surface area (Å²) in [6.07, 6.45) is -4.69. The molecule has 20 heavy (non-hydrogen) atoms. The lowest BCUT2D eigenvalue weighted by atomic mass is 10.3. The summed E-state index contributed by atoms with van der Waals surface area (Å²) in [6, 6.07) is 11.1. The zero-order chi connectivity index (χ0) is 14.6. The number of aromatic nitrogens is 1. The summed E-state index contributed by atoms with van der Waals surface area (Å²) in [4.78, 5) is 4.21. The first-order valence-electron chi connectivity index (χ1n) is 5.63. The molecule has 1 N–H and O–H groups in total. The maximum absolute atomic E-state index is 12.1. The normalized spacial score (nSPS) is 11.2. The van der Waals surface area contributed by atoms with Crippen LogP contribution in [0.5, 0.6) is 5.75 Å². The molecule has 0 saturated heterocycles. The van der Waals surface area contributed by atoms with Crippen LogP contribution in [0.4, 0.5) is 18.9 Å². The Kier molecular flexibility index (Phi) is 4.49. The number of nitrogens with one attached hydrogen (secondary N) is 1. The minimum Gasteiger partial charge on any atom is -0.406 e. The molecule has 0 aliphatic rings. The van der Waals surface area contributed by atoms with Gasteiger partial charge in [-0.1, -0.05) is 12.1 Å². The molecular formula is C13H10BrF3N2O. The van der Waals surface area contributed by atoms with Gasteiger partial charge in [0.15, 0.2) is 0 Å². The van der Waals surface area contributed by atoms with Gasteiger partial charge in [0.25, 0.3) is 0 Å². The molecule has 0 radical (unpaired) electrons. The van der Waals surface area contributed by atoms with Crippen molar-refractivity contribution in [1.82, 2.24) is 4.98 Å². The van der Waals surface area contributed by atoms with Crippen molar-refractivity contribution in [2.45, 2.75) is 12.9 Å². The molecule has 0 bridgehead atoms. The van der Waals surface area contributed by atoms with Crippen molar-refractivity contribution in [3.63, 3.8) is 0 Å². The fourth-order valence-corrected chi connectivity index (χ4v) is 1.92. The third-order valence-electron chi connectivity index (χ3n) is 2.31. The van der Waals surface area contributed by atoms with E-state index in [2.05, 4.69) is 31.0 Å². The number of halogens is 4. The molecule has 1 aromatic carbocycles. The number of pyridine rings is 1. The SMILES string of the molecule is FC(F)(F)Oc1cccc(NCc2cccc(Br)n2)c1. The van der Waals surface area contributed by atoms with Crippen LogP contribution >= 0.6 is 15.9 Å². The molecule has 106 valence electrons. The van der Waals surface area contributed by atoms with Crippen LogP contribution in [-0.2, 0) is 6.54 Å². The molecule has 1 aromatic heterocycles. The fraction of sp³-hybridized carbons (Fsp3) is 0.154. The predicted molar refractivity (Wildman–Crippen MR) is 72.4 cm³/mol. The van der Waals surface area contributed by atoms with E-state index in [0.717, 1.165) is 5.69 Å². The van der Waals surface area contributed by atoms with Crippen LogP contribution in [0.2, 0.25) is 0 Å². The van der Waals surface area contributed by atoms with Gasteiger partial charge < -0.3 is 10.1 Å². The molecule has 0 fully saturated rings. The first-order chi connectivity index (χ1) is 9.42. The maximum atomic E-state index is 12.1. The average Bonchev–Trinajstić information content (AvgIpc) is 2.35. The molecule has 7 heteroatoms. The van der Waals surface area contributed by atoms with Crippen LogP contribution in [-0.4, -0.2) is 11.3 Å². The summed E-state index contributed by atoms with van der Waals surface area (Å²) in [6.45, 7) is 0.398. The summed E-state index contributed by atoms with van der Waals surface area (Å²) < 4.78 is 40.9. The number of hydrogen-bond donors (Lipinski definition) is 1. The van der Waals surface area contributed by atoms with Crippen molar-refractivity contribution >= 4 is 21.6 Å². The third kappa shape index (κ3) is 4.73. The summed E-state index contributed by atoms with van der Waals surface area (Å²) in [7, 11) is 0. The zero-order valence-corrected chi connectivity index (χ0v) is 11.7. The van der Waals surface area contributed by atoms with Gasteiger partial charge in [-0.15, -0.1) is 13.2 Å². The lowest BCUT2D eigenvalue weighted by Crippen LogP contribution is -2.17. The standard InChI is InChI=1S/C13H10BrF3N2O/c14-12-6-2-4-10(19-12)8-18-9-3-1-5-11(7-9)20-13(15,16)17/h1-7,18H,8H2. The van der Waals surface area contributed by atoms with Crippen molar-refractivity contribution in [1.29, 1.82) is 0 Å². The molecule has 3 nitrogen and oxygen atoms in total. The second-order valence-electron chi connectivity index (χ2n) is 3.88. The van der Waals surface area contributed by atoms with E-state index in [1.54, 1.807) is 12.1 Å². The molecule has 0 saturated carbocycles.